The van der Waals surface area contributed by atoms with Gasteiger partial charge in [-0.1, -0.05) is 20.8 Å². The van der Waals surface area contributed by atoms with Crippen molar-refractivity contribution >= 4 is 0 Å². The van der Waals surface area contributed by atoms with Crippen molar-refractivity contribution in [2.24, 2.45) is 0 Å². The molecule has 0 amide bonds. The minimum atomic E-state index is 0.0200. The van der Waals surface area contributed by atoms with Crippen molar-refractivity contribution in [2.75, 3.05) is 6.54 Å². The van der Waals surface area contributed by atoms with Crippen LogP contribution in [0.1, 0.15) is 44.5 Å². The average Bonchev–Trinajstić information content (AvgIpc) is 2.38. The fraction of sp³-hybridized carbons (Fsp3) is 0.727. The van der Waals surface area contributed by atoms with Gasteiger partial charge in [0.15, 0.2) is 5.89 Å². The van der Waals surface area contributed by atoms with Gasteiger partial charge in [0, 0.05) is 5.41 Å². The summed E-state index contributed by atoms with van der Waals surface area (Å²) in [7, 11) is 0. The van der Waals surface area contributed by atoms with E-state index >= 15 is 0 Å². The Bertz CT molecular complexity index is 299. The fourth-order valence-corrected chi connectivity index (χ4v) is 1.62. The van der Waals surface area contributed by atoms with Crippen LogP contribution in [-0.2, 0) is 18.4 Å². The topological polar surface area (TPSA) is 38.1 Å². The average molecular weight is 194 g/mol. The van der Waals surface area contributed by atoms with Crippen molar-refractivity contribution in [3.8, 4) is 0 Å². The molecule has 78 valence electrons. The smallest absolute Gasteiger partial charge is 0.200 e. The molecule has 2 heterocycles. The highest BCUT2D eigenvalue weighted by Gasteiger charge is 2.23. The van der Waals surface area contributed by atoms with Gasteiger partial charge in [0.1, 0.15) is 5.76 Å². The van der Waals surface area contributed by atoms with Gasteiger partial charge in [-0.15, -0.1) is 0 Å². The number of rotatable bonds is 0. The van der Waals surface area contributed by atoms with Crippen LogP contribution < -0.4 is 5.32 Å². The SMILES string of the molecule is CC(C)(C)c1nc2c(o1)CNCCC2. The van der Waals surface area contributed by atoms with E-state index in [1.165, 1.54) is 0 Å². The Kier molecular flexibility index (Phi) is 2.35. The third-order valence-electron chi connectivity index (χ3n) is 2.47. The summed E-state index contributed by atoms with van der Waals surface area (Å²) in [5.41, 5.74) is 1.17. The lowest BCUT2D eigenvalue weighted by Crippen LogP contribution is -2.13. The second-order valence-electron chi connectivity index (χ2n) is 4.92. The molecule has 0 saturated carbocycles. The molecule has 0 aliphatic carbocycles. The normalized spacial score (nSPS) is 17.6. The van der Waals surface area contributed by atoms with E-state index in [9.17, 15) is 0 Å². The lowest BCUT2D eigenvalue weighted by atomic mass is 9.97. The standard InChI is InChI=1S/C11H18N2O/c1-11(2,3)10-13-8-5-4-6-12-7-9(8)14-10/h12H,4-7H2,1-3H3. The van der Waals surface area contributed by atoms with E-state index in [4.69, 9.17) is 4.42 Å². The number of fused-ring (bicyclic) bond motifs is 1. The van der Waals surface area contributed by atoms with Crippen LogP contribution in [0.4, 0.5) is 0 Å². The molecule has 0 unspecified atom stereocenters. The third-order valence-corrected chi connectivity index (χ3v) is 2.47. The molecular weight excluding hydrogens is 176 g/mol. The lowest BCUT2D eigenvalue weighted by molar-refractivity contribution is 0.367. The molecule has 0 aromatic carbocycles. The van der Waals surface area contributed by atoms with Crippen molar-refractivity contribution < 1.29 is 4.42 Å². The Morgan fingerprint density at radius 2 is 2.14 bits per heavy atom. The first-order chi connectivity index (χ1) is 6.57. The number of aryl methyl sites for hydroxylation is 1. The van der Waals surface area contributed by atoms with Crippen LogP contribution in [0.2, 0.25) is 0 Å². The maximum absolute atomic E-state index is 5.78. The van der Waals surface area contributed by atoms with Crippen molar-refractivity contribution in [3.05, 3.63) is 17.3 Å². The maximum Gasteiger partial charge on any atom is 0.200 e. The molecule has 0 spiro atoms. The van der Waals surface area contributed by atoms with Crippen LogP contribution in [0.5, 0.6) is 0 Å². The maximum atomic E-state index is 5.78. The van der Waals surface area contributed by atoms with Gasteiger partial charge in [-0.05, 0) is 19.4 Å². The summed E-state index contributed by atoms with van der Waals surface area (Å²) < 4.78 is 5.78. The number of oxazole rings is 1. The Balaban J connectivity index is 2.31. The van der Waals surface area contributed by atoms with Gasteiger partial charge in [-0.3, -0.25) is 0 Å². The predicted molar refractivity (Wildman–Crippen MR) is 55.2 cm³/mol. The highest BCUT2D eigenvalue weighted by molar-refractivity contribution is 5.14. The van der Waals surface area contributed by atoms with Crippen LogP contribution in [0.25, 0.3) is 0 Å². The molecule has 14 heavy (non-hydrogen) atoms. The fourth-order valence-electron chi connectivity index (χ4n) is 1.62. The Hall–Kier alpha value is -0.830. The highest BCUT2D eigenvalue weighted by atomic mass is 16.4. The molecule has 0 atom stereocenters. The molecule has 1 aromatic heterocycles. The van der Waals surface area contributed by atoms with Crippen LogP contribution in [0, 0.1) is 0 Å². The molecule has 1 aliphatic heterocycles. The number of nitrogens with zero attached hydrogens (tertiary/aromatic N) is 1. The van der Waals surface area contributed by atoms with Crippen molar-refractivity contribution in [1.82, 2.24) is 10.3 Å². The zero-order valence-electron chi connectivity index (χ0n) is 9.18. The van der Waals surface area contributed by atoms with Crippen LogP contribution in [0.3, 0.4) is 0 Å². The second-order valence-corrected chi connectivity index (χ2v) is 4.92. The van der Waals surface area contributed by atoms with Crippen LogP contribution in [-0.4, -0.2) is 11.5 Å². The van der Waals surface area contributed by atoms with Crippen LogP contribution in [0.15, 0.2) is 4.42 Å². The molecule has 0 radical (unpaired) electrons. The predicted octanol–water partition coefficient (Wildman–Crippen LogP) is 2.01. The first-order valence-electron chi connectivity index (χ1n) is 5.27. The minimum Gasteiger partial charge on any atom is -0.443 e. The molecule has 1 aromatic rings. The first kappa shape index (κ1) is 9.71. The van der Waals surface area contributed by atoms with Crippen molar-refractivity contribution in [3.63, 3.8) is 0 Å². The quantitative estimate of drug-likeness (QED) is 0.686. The van der Waals surface area contributed by atoms with Gasteiger partial charge in [-0.2, -0.15) is 0 Å². The third kappa shape index (κ3) is 1.82. The lowest BCUT2D eigenvalue weighted by Gasteiger charge is -2.12. The van der Waals surface area contributed by atoms with E-state index in [2.05, 4.69) is 31.1 Å². The Labute approximate surface area is 84.9 Å². The van der Waals surface area contributed by atoms with Gasteiger partial charge >= 0.3 is 0 Å². The summed E-state index contributed by atoms with van der Waals surface area (Å²) in [5.74, 6) is 1.90. The van der Waals surface area contributed by atoms with E-state index in [1.54, 1.807) is 0 Å². The van der Waals surface area contributed by atoms with Gasteiger partial charge in [0.05, 0.1) is 12.2 Å². The summed E-state index contributed by atoms with van der Waals surface area (Å²) in [5, 5.41) is 3.33. The molecule has 3 nitrogen and oxygen atoms in total. The van der Waals surface area contributed by atoms with E-state index in [0.29, 0.717) is 0 Å². The summed E-state index contributed by atoms with van der Waals surface area (Å²) in [6.45, 7) is 8.29. The number of aromatic nitrogens is 1. The number of hydrogen-bond donors (Lipinski definition) is 1. The zero-order chi connectivity index (χ0) is 10.2. The number of hydrogen-bond acceptors (Lipinski definition) is 3. The van der Waals surface area contributed by atoms with Gasteiger partial charge in [0.2, 0.25) is 0 Å². The monoisotopic (exact) mass is 194 g/mol. The van der Waals surface area contributed by atoms with Gasteiger partial charge in [-0.25, -0.2) is 4.98 Å². The minimum absolute atomic E-state index is 0.0200. The van der Waals surface area contributed by atoms with Gasteiger partial charge < -0.3 is 9.73 Å². The summed E-state index contributed by atoms with van der Waals surface area (Å²) in [6, 6.07) is 0. The van der Waals surface area contributed by atoms with E-state index in [1.807, 2.05) is 0 Å². The summed E-state index contributed by atoms with van der Waals surface area (Å²) in [4.78, 5) is 4.58. The molecule has 2 rings (SSSR count). The molecule has 1 N–H and O–H groups in total. The molecular formula is C11H18N2O. The second kappa shape index (κ2) is 3.39. The van der Waals surface area contributed by atoms with E-state index in [0.717, 1.165) is 43.3 Å². The summed E-state index contributed by atoms with van der Waals surface area (Å²) in [6.07, 6.45) is 2.20. The Morgan fingerprint density at radius 3 is 2.86 bits per heavy atom. The first-order valence-corrected chi connectivity index (χ1v) is 5.27. The van der Waals surface area contributed by atoms with E-state index in [-0.39, 0.29) is 5.41 Å². The van der Waals surface area contributed by atoms with E-state index < -0.39 is 0 Å². The molecule has 3 heteroatoms. The molecule has 1 aliphatic rings. The largest absolute Gasteiger partial charge is 0.443 e. The van der Waals surface area contributed by atoms with Crippen LogP contribution >= 0.6 is 0 Å². The van der Waals surface area contributed by atoms with Crippen molar-refractivity contribution in [1.29, 1.82) is 0 Å². The highest BCUT2D eigenvalue weighted by Crippen LogP contribution is 2.25. The Morgan fingerprint density at radius 1 is 1.36 bits per heavy atom. The van der Waals surface area contributed by atoms with Gasteiger partial charge in [0.25, 0.3) is 0 Å². The molecule has 0 fully saturated rings. The van der Waals surface area contributed by atoms with Crippen molar-refractivity contribution in [2.45, 2.75) is 45.6 Å². The number of nitrogens with one attached hydrogen (secondary N) is 1. The molecule has 0 saturated heterocycles. The zero-order valence-corrected chi connectivity index (χ0v) is 9.18. The summed E-state index contributed by atoms with van der Waals surface area (Å²) >= 11 is 0. The molecule has 0 bridgehead atoms.